The van der Waals surface area contributed by atoms with E-state index in [1.54, 1.807) is 0 Å². The minimum atomic E-state index is 0.179. The zero-order chi connectivity index (χ0) is 13.3. The molecule has 106 valence electrons. The Morgan fingerprint density at radius 3 is 3.05 bits per heavy atom. The van der Waals surface area contributed by atoms with Crippen molar-refractivity contribution in [1.29, 1.82) is 0 Å². The molecular weight excluding hydrogens is 242 g/mol. The van der Waals surface area contributed by atoms with Gasteiger partial charge < -0.3 is 14.6 Å². The van der Waals surface area contributed by atoms with Gasteiger partial charge >= 0.3 is 0 Å². The number of piperidine rings is 1. The monoisotopic (exact) mass is 265 g/mol. The second-order valence-corrected chi connectivity index (χ2v) is 6.46. The lowest BCUT2D eigenvalue weighted by Gasteiger charge is -2.36. The molecule has 1 aromatic heterocycles. The maximum absolute atomic E-state index is 5.49. The van der Waals surface area contributed by atoms with Gasteiger partial charge in [0.25, 0.3) is 0 Å². The van der Waals surface area contributed by atoms with E-state index in [0.29, 0.717) is 5.92 Å². The van der Waals surface area contributed by atoms with Crippen LogP contribution in [0.2, 0.25) is 0 Å². The van der Waals surface area contributed by atoms with Crippen LogP contribution in [-0.4, -0.2) is 29.9 Å². The van der Waals surface area contributed by atoms with E-state index >= 15 is 0 Å². The van der Waals surface area contributed by atoms with Crippen LogP contribution in [0.4, 0.5) is 0 Å². The van der Waals surface area contributed by atoms with Gasteiger partial charge in [0.2, 0.25) is 5.89 Å². The third-order valence-electron chi connectivity index (χ3n) is 4.35. The standard InChI is InChI=1S/C14H23N3O2/c1-14(2)5-3-6-15-12(14)13-16-11(17-19-13)8-10-4-7-18-9-10/h10,12,15H,3-9H2,1-2H3. The van der Waals surface area contributed by atoms with Crippen LogP contribution < -0.4 is 5.32 Å². The van der Waals surface area contributed by atoms with E-state index in [-0.39, 0.29) is 11.5 Å². The third-order valence-corrected chi connectivity index (χ3v) is 4.35. The van der Waals surface area contributed by atoms with Crippen LogP contribution in [0, 0.1) is 11.3 Å². The van der Waals surface area contributed by atoms with Crippen LogP contribution in [-0.2, 0) is 11.2 Å². The molecule has 0 aromatic carbocycles. The van der Waals surface area contributed by atoms with Crippen LogP contribution in [0.25, 0.3) is 0 Å². The predicted molar refractivity (Wildman–Crippen MR) is 70.7 cm³/mol. The summed E-state index contributed by atoms with van der Waals surface area (Å²) in [5.74, 6) is 2.13. The molecule has 0 spiro atoms. The van der Waals surface area contributed by atoms with Gasteiger partial charge in [0.05, 0.1) is 6.04 Å². The lowest BCUT2D eigenvalue weighted by molar-refractivity contribution is 0.146. The molecule has 3 heterocycles. The molecule has 2 fully saturated rings. The van der Waals surface area contributed by atoms with Gasteiger partial charge in [0.15, 0.2) is 5.82 Å². The molecule has 1 aromatic rings. The van der Waals surface area contributed by atoms with E-state index in [0.717, 1.165) is 44.3 Å². The van der Waals surface area contributed by atoms with Crippen molar-refractivity contribution in [2.75, 3.05) is 19.8 Å². The summed E-state index contributed by atoms with van der Waals surface area (Å²) in [7, 11) is 0. The van der Waals surface area contributed by atoms with Gasteiger partial charge in [-0.05, 0) is 37.1 Å². The van der Waals surface area contributed by atoms with Crippen molar-refractivity contribution >= 4 is 0 Å². The normalized spacial score (nSPS) is 30.6. The molecule has 2 atom stereocenters. The summed E-state index contributed by atoms with van der Waals surface area (Å²) in [4.78, 5) is 4.60. The summed E-state index contributed by atoms with van der Waals surface area (Å²) in [6.07, 6.45) is 4.39. The van der Waals surface area contributed by atoms with E-state index in [1.807, 2.05) is 0 Å². The Balaban J connectivity index is 1.69. The van der Waals surface area contributed by atoms with Crippen LogP contribution in [0.1, 0.15) is 50.9 Å². The van der Waals surface area contributed by atoms with Gasteiger partial charge in [-0.3, -0.25) is 0 Å². The number of hydrogen-bond acceptors (Lipinski definition) is 5. The molecule has 0 saturated carbocycles. The molecule has 0 bridgehead atoms. The van der Waals surface area contributed by atoms with Gasteiger partial charge in [0.1, 0.15) is 0 Å². The number of rotatable bonds is 3. The molecule has 5 nitrogen and oxygen atoms in total. The average molecular weight is 265 g/mol. The Hall–Kier alpha value is -0.940. The SMILES string of the molecule is CC1(C)CCCNC1c1nc(CC2CCOC2)no1. The first-order chi connectivity index (χ1) is 9.15. The lowest BCUT2D eigenvalue weighted by Crippen LogP contribution is -2.39. The van der Waals surface area contributed by atoms with E-state index in [1.165, 1.54) is 12.8 Å². The summed E-state index contributed by atoms with van der Waals surface area (Å²) in [5, 5.41) is 7.65. The fraction of sp³-hybridized carbons (Fsp3) is 0.857. The predicted octanol–water partition coefficient (Wildman–Crippen LogP) is 2.10. The number of hydrogen-bond donors (Lipinski definition) is 1. The smallest absolute Gasteiger partial charge is 0.244 e. The van der Waals surface area contributed by atoms with E-state index in [9.17, 15) is 0 Å². The molecule has 5 heteroatoms. The summed E-state index contributed by atoms with van der Waals surface area (Å²) in [6.45, 7) is 7.25. The summed E-state index contributed by atoms with van der Waals surface area (Å²) in [5.41, 5.74) is 0.179. The topological polar surface area (TPSA) is 60.2 Å². The van der Waals surface area contributed by atoms with Crippen molar-refractivity contribution in [2.24, 2.45) is 11.3 Å². The van der Waals surface area contributed by atoms with Gasteiger partial charge in [0, 0.05) is 19.6 Å². The Labute approximate surface area is 114 Å². The molecule has 1 N–H and O–H groups in total. The van der Waals surface area contributed by atoms with Gasteiger partial charge in [-0.25, -0.2) is 0 Å². The highest BCUT2D eigenvalue weighted by molar-refractivity contribution is 5.01. The van der Waals surface area contributed by atoms with E-state index in [4.69, 9.17) is 9.26 Å². The minimum Gasteiger partial charge on any atom is -0.381 e. The van der Waals surface area contributed by atoms with Crippen molar-refractivity contribution in [3.05, 3.63) is 11.7 Å². The van der Waals surface area contributed by atoms with Crippen LogP contribution >= 0.6 is 0 Å². The molecule has 2 aliphatic rings. The Morgan fingerprint density at radius 1 is 1.42 bits per heavy atom. The Kier molecular flexibility index (Phi) is 3.58. The number of nitrogens with one attached hydrogen (secondary N) is 1. The largest absolute Gasteiger partial charge is 0.381 e. The molecule has 3 rings (SSSR count). The van der Waals surface area contributed by atoms with Gasteiger partial charge in [-0.1, -0.05) is 19.0 Å². The van der Waals surface area contributed by atoms with Crippen LogP contribution in [0.15, 0.2) is 4.52 Å². The van der Waals surface area contributed by atoms with E-state index in [2.05, 4.69) is 29.3 Å². The van der Waals surface area contributed by atoms with Crippen molar-refractivity contribution in [2.45, 2.75) is 45.6 Å². The molecular formula is C14H23N3O2. The van der Waals surface area contributed by atoms with Crippen molar-refractivity contribution < 1.29 is 9.26 Å². The van der Waals surface area contributed by atoms with Crippen LogP contribution in [0.5, 0.6) is 0 Å². The molecule has 2 unspecified atom stereocenters. The quantitative estimate of drug-likeness (QED) is 0.907. The van der Waals surface area contributed by atoms with Gasteiger partial charge in [-0.2, -0.15) is 4.98 Å². The first-order valence-corrected chi connectivity index (χ1v) is 7.29. The fourth-order valence-electron chi connectivity index (χ4n) is 3.10. The maximum atomic E-state index is 5.49. The van der Waals surface area contributed by atoms with Crippen molar-refractivity contribution in [3.63, 3.8) is 0 Å². The lowest BCUT2D eigenvalue weighted by atomic mass is 9.77. The zero-order valence-corrected chi connectivity index (χ0v) is 11.8. The average Bonchev–Trinajstić information content (AvgIpc) is 3.01. The first kappa shape index (κ1) is 13.1. The van der Waals surface area contributed by atoms with Gasteiger partial charge in [-0.15, -0.1) is 0 Å². The van der Waals surface area contributed by atoms with E-state index < -0.39 is 0 Å². The molecule has 0 amide bonds. The maximum Gasteiger partial charge on any atom is 0.244 e. The summed E-state index contributed by atoms with van der Waals surface area (Å²) >= 11 is 0. The molecule has 19 heavy (non-hydrogen) atoms. The number of ether oxygens (including phenoxy) is 1. The Bertz CT molecular complexity index is 424. The second kappa shape index (κ2) is 5.21. The summed E-state index contributed by atoms with van der Waals surface area (Å²) in [6, 6.07) is 0.183. The van der Waals surface area contributed by atoms with Crippen molar-refractivity contribution in [3.8, 4) is 0 Å². The molecule has 2 saturated heterocycles. The molecule has 0 aliphatic carbocycles. The fourth-order valence-corrected chi connectivity index (χ4v) is 3.10. The summed E-state index contributed by atoms with van der Waals surface area (Å²) < 4.78 is 10.9. The number of nitrogens with zero attached hydrogens (tertiary/aromatic N) is 2. The highest BCUT2D eigenvalue weighted by atomic mass is 16.5. The first-order valence-electron chi connectivity index (χ1n) is 7.29. The second-order valence-electron chi connectivity index (χ2n) is 6.46. The van der Waals surface area contributed by atoms with Crippen molar-refractivity contribution in [1.82, 2.24) is 15.5 Å². The highest BCUT2D eigenvalue weighted by Gasteiger charge is 2.37. The number of aromatic nitrogens is 2. The molecule has 0 radical (unpaired) electrons. The molecule has 2 aliphatic heterocycles. The van der Waals surface area contributed by atoms with Crippen LogP contribution in [0.3, 0.4) is 0 Å². The Morgan fingerprint density at radius 2 is 2.32 bits per heavy atom. The third kappa shape index (κ3) is 2.82. The zero-order valence-electron chi connectivity index (χ0n) is 11.8. The highest BCUT2D eigenvalue weighted by Crippen LogP contribution is 2.39. The minimum absolute atomic E-state index is 0.179.